The number of benzene rings is 1. The fourth-order valence-corrected chi connectivity index (χ4v) is 3.13. The van der Waals surface area contributed by atoms with Gasteiger partial charge in [-0.25, -0.2) is 4.79 Å². The van der Waals surface area contributed by atoms with Gasteiger partial charge in [0.2, 0.25) is 0 Å². The fourth-order valence-electron chi connectivity index (χ4n) is 3.13. The molecular formula is C14H15NO2. The Balaban J connectivity index is 1.64. The molecule has 3 fully saturated rings. The molecule has 1 saturated heterocycles. The fraction of sp³-hybridized carbons (Fsp3) is 0.500. The van der Waals surface area contributed by atoms with E-state index in [0.29, 0.717) is 18.1 Å². The van der Waals surface area contributed by atoms with Gasteiger partial charge in [-0.15, -0.1) is 0 Å². The van der Waals surface area contributed by atoms with Gasteiger partial charge in [0.15, 0.2) is 0 Å². The molecule has 3 nitrogen and oxygen atoms in total. The van der Waals surface area contributed by atoms with E-state index >= 15 is 0 Å². The third-order valence-corrected chi connectivity index (χ3v) is 4.47. The van der Waals surface area contributed by atoms with Crippen molar-refractivity contribution in [2.75, 3.05) is 6.61 Å². The molecule has 1 aromatic rings. The first kappa shape index (κ1) is 9.51. The first-order chi connectivity index (χ1) is 8.30. The van der Waals surface area contributed by atoms with Gasteiger partial charge < -0.3 is 4.74 Å². The molecule has 0 aromatic heterocycles. The molecule has 3 heteroatoms. The maximum atomic E-state index is 11.9. The van der Waals surface area contributed by atoms with E-state index in [1.807, 2.05) is 23.1 Å². The van der Waals surface area contributed by atoms with Crippen LogP contribution in [-0.4, -0.2) is 23.6 Å². The number of amides is 1. The van der Waals surface area contributed by atoms with Crippen molar-refractivity contribution in [1.29, 1.82) is 0 Å². The van der Waals surface area contributed by atoms with Crippen molar-refractivity contribution in [2.45, 2.75) is 31.3 Å². The Hall–Kier alpha value is -1.51. The molecule has 2 atom stereocenters. The monoisotopic (exact) mass is 229 g/mol. The van der Waals surface area contributed by atoms with E-state index in [4.69, 9.17) is 4.74 Å². The first-order valence-electron chi connectivity index (χ1n) is 6.30. The number of cyclic esters (lactones) is 1. The normalized spacial score (nSPS) is 32.7. The van der Waals surface area contributed by atoms with Crippen molar-refractivity contribution in [3.63, 3.8) is 0 Å². The quantitative estimate of drug-likeness (QED) is 0.780. The van der Waals surface area contributed by atoms with Crippen LogP contribution >= 0.6 is 0 Å². The zero-order valence-electron chi connectivity index (χ0n) is 9.63. The number of rotatable bonds is 2. The molecule has 2 saturated carbocycles. The molecule has 1 aliphatic heterocycles. The average molecular weight is 229 g/mol. The van der Waals surface area contributed by atoms with E-state index in [1.165, 1.54) is 24.8 Å². The van der Waals surface area contributed by atoms with Crippen LogP contribution in [0.4, 0.5) is 4.79 Å². The summed E-state index contributed by atoms with van der Waals surface area (Å²) in [6.45, 7) is 0.509. The van der Waals surface area contributed by atoms with Crippen LogP contribution in [0.3, 0.4) is 0 Å². The lowest BCUT2D eigenvalue weighted by Crippen LogP contribution is -2.31. The number of nitrogens with zero attached hydrogens (tertiary/aromatic N) is 1. The second kappa shape index (κ2) is 3.03. The van der Waals surface area contributed by atoms with Crippen molar-refractivity contribution < 1.29 is 9.53 Å². The Labute approximate surface area is 100 Å². The summed E-state index contributed by atoms with van der Waals surface area (Å²) in [6, 6.07) is 10.8. The second-order valence-electron chi connectivity index (χ2n) is 5.49. The molecule has 17 heavy (non-hydrogen) atoms. The number of hydrogen-bond acceptors (Lipinski definition) is 2. The number of hydrogen-bond donors (Lipinski definition) is 0. The number of ether oxygens (including phenoxy) is 1. The summed E-state index contributed by atoms with van der Waals surface area (Å²) in [5.74, 6) is 0. The Morgan fingerprint density at radius 3 is 2.65 bits per heavy atom. The van der Waals surface area contributed by atoms with Gasteiger partial charge in [0, 0.05) is 6.04 Å². The molecule has 3 aliphatic rings. The summed E-state index contributed by atoms with van der Waals surface area (Å²) in [5.41, 5.74) is 1.69. The van der Waals surface area contributed by atoms with Crippen molar-refractivity contribution in [3.05, 3.63) is 35.9 Å². The van der Waals surface area contributed by atoms with E-state index < -0.39 is 0 Å². The summed E-state index contributed by atoms with van der Waals surface area (Å²) < 4.78 is 5.24. The van der Waals surface area contributed by atoms with E-state index in [-0.39, 0.29) is 12.1 Å². The lowest BCUT2D eigenvalue weighted by atomic mass is 10.1. The second-order valence-corrected chi connectivity index (χ2v) is 5.49. The van der Waals surface area contributed by atoms with Crippen molar-refractivity contribution in [2.24, 2.45) is 5.41 Å². The maximum Gasteiger partial charge on any atom is 0.410 e. The molecule has 4 rings (SSSR count). The van der Waals surface area contributed by atoms with Crippen LogP contribution < -0.4 is 0 Å². The Bertz CT molecular complexity index is 466. The van der Waals surface area contributed by atoms with Crippen LogP contribution in [-0.2, 0) is 4.74 Å². The van der Waals surface area contributed by atoms with Crippen LogP contribution in [0.25, 0.3) is 0 Å². The molecule has 1 heterocycles. The summed E-state index contributed by atoms with van der Waals surface area (Å²) in [4.78, 5) is 13.8. The topological polar surface area (TPSA) is 29.5 Å². The van der Waals surface area contributed by atoms with Crippen LogP contribution in [0, 0.1) is 5.41 Å². The summed E-state index contributed by atoms with van der Waals surface area (Å²) in [6.07, 6.45) is 3.66. The van der Waals surface area contributed by atoms with E-state index in [9.17, 15) is 4.79 Å². The highest BCUT2D eigenvalue weighted by Crippen LogP contribution is 2.69. The largest absolute Gasteiger partial charge is 0.447 e. The predicted octanol–water partition coefficient (Wildman–Crippen LogP) is 2.73. The number of carbonyl (C=O) groups is 1. The van der Waals surface area contributed by atoms with Gasteiger partial charge in [0.05, 0.1) is 6.04 Å². The summed E-state index contributed by atoms with van der Waals surface area (Å²) in [5, 5.41) is 0. The molecule has 0 radical (unpaired) electrons. The Morgan fingerprint density at radius 1 is 1.24 bits per heavy atom. The predicted molar refractivity (Wildman–Crippen MR) is 62.4 cm³/mol. The van der Waals surface area contributed by atoms with Gasteiger partial charge in [-0.3, -0.25) is 4.90 Å². The highest BCUT2D eigenvalue weighted by Gasteiger charge is 2.67. The van der Waals surface area contributed by atoms with E-state index in [0.717, 1.165) is 0 Å². The van der Waals surface area contributed by atoms with Gasteiger partial charge >= 0.3 is 6.09 Å². The smallest absolute Gasteiger partial charge is 0.410 e. The maximum absolute atomic E-state index is 11.9. The SMILES string of the molecule is O=C1OC[C@H](c2ccccc2)N1[C@H]1CC12CC2. The molecule has 0 N–H and O–H groups in total. The van der Waals surface area contributed by atoms with Crippen molar-refractivity contribution in [1.82, 2.24) is 4.90 Å². The van der Waals surface area contributed by atoms with Crippen LogP contribution in [0.15, 0.2) is 30.3 Å². The minimum absolute atomic E-state index is 0.118. The highest BCUT2D eigenvalue weighted by atomic mass is 16.6. The molecular weight excluding hydrogens is 214 g/mol. The average Bonchev–Trinajstić information content (AvgIpc) is 3.25. The lowest BCUT2D eigenvalue weighted by molar-refractivity contribution is 0.154. The zero-order valence-corrected chi connectivity index (χ0v) is 9.63. The third kappa shape index (κ3) is 1.31. The first-order valence-corrected chi connectivity index (χ1v) is 6.30. The standard InChI is InChI=1S/C14H15NO2/c16-13-15(12-8-14(12)6-7-14)11(9-17-13)10-4-2-1-3-5-10/h1-5,11-12H,6-9H2/t11-,12+/m1/s1. The van der Waals surface area contributed by atoms with Crippen LogP contribution in [0.1, 0.15) is 30.9 Å². The third-order valence-electron chi connectivity index (χ3n) is 4.47. The molecule has 88 valence electrons. The Kier molecular flexibility index (Phi) is 1.70. The molecule has 1 aromatic carbocycles. The Morgan fingerprint density at radius 2 is 2.00 bits per heavy atom. The van der Waals surface area contributed by atoms with Gasteiger partial charge in [-0.05, 0) is 30.2 Å². The minimum Gasteiger partial charge on any atom is -0.447 e. The van der Waals surface area contributed by atoms with E-state index in [2.05, 4.69) is 12.1 Å². The van der Waals surface area contributed by atoms with Crippen molar-refractivity contribution >= 4 is 6.09 Å². The molecule has 0 bridgehead atoms. The minimum atomic E-state index is -0.118. The lowest BCUT2D eigenvalue weighted by Gasteiger charge is -2.22. The van der Waals surface area contributed by atoms with Gasteiger partial charge in [-0.1, -0.05) is 30.3 Å². The molecule has 2 aliphatic carbocycles. The zero-order chi connectivity index (χ0) is 11.5. The van der Waals surface area contributed by atoms with Crippen molar-refractivity contribution in [3.8, 4) is 0 Å². The summed E-state index contributed by atoms with van der Waals surface area (Å²) in [7, 11) is 0. The number of carbonyl (C=O) groups excluding carboxylic acids is 1. The van der Waals surface area contributed by atoms with Crippen LogP contribution in [0.2, 0.25) is 0 Å². The van der Waals surface area contributed by atoms with Gasteiger partial charge in [0.25, 0.3) is 0 Å². The van der Waals surface area contributed by atoms with Gasteiger partial charge in [0.1, 0.15) is 6.61 Å². The molecule has 1 spiro atoms. The van der Waals surface area contributed by atoms with Gasteiger partial charge in [-0.2, -0.15) is 0 Å². The van der Waals surface area contributed by atoms with Crippen LogP contribution in [0.5, 0.6) is 0 Å². The highest BCUT2D eigenvalue weighted by molar-refractivity contribution is 5.72. The molecule has 1 amide bonds. The van der Waals surface area contributed by atoms with E-state index in [1.54, 1.807) is 0 Å². The molecule has 0 unspecified atom stereocenters. The summed E-state index contributed by atoms with van der Waals surface area (Å²) >= 11 is 0.